The molecule has 1 aromatic heterocycles. The number of fused-ring (bicyclic) bond motifs is 1. The zero-order chi connectivity index (χ0) is 13.8. The molecule has 0 saturated heterocycles. The van der Waals surface area contributed by atoms with E-state index in [0.717, 1.165) is 30.0 Å². The molecule has 2 N–H and O–H groups in total. The van der Waals surface area contributed by atoms with E-state index in [-0.39, 0.29) is 0 Å². The smallest absolute Gasteiger partial charge is 0.146 e. The Morgan fingerprint density at radius 3 is 2.63 bits per heavy atom. The van der Waals surface area contributed by atoms with E-state index < -0.39 is 0 Å². The topological polar surface area (TPSA) is 46.3 Å². The fraction of sp³-hybridized carbons (Fsp3) is 0.467. The molecule has 0 radical (unpaired) electrons. The summed E-state index contributed by atoms with van der Waals surface area (Å²) in [7, 11) is 3.35. The van der Waals surface area contributed by atoms with E-state index in [2.05, 4.69) is 36.4 Å². The molecule has 4 heteroatoms. The van der Waals surface area contributed by atoms with Gasteiger partial charge in [0.15, 0.2) is 0 Å². The Balaban J connectivity index is 2.29. The van der Waals surface area contributed by atoms with Crippen molar-refractivity contribution >= 4 is 10.9 Å². The first-order chi connectivity index (χ1) is 9.15. The molecule has 0 saturated carbocycles. The quantitative estimate of drug-likeness (QED) is 0.841. The van der Waals surface area contributed by atoms with Gasteiger partial charge in [-0.2, -0.15) is 0 Å². The van der Waals surface area contributed by atoms with E-state index in [0.29, 0.717) is 6.04 Å². The van der Waals surface area contributed by atoms with Crippen LogP contribution >= 0.6 is 0 Å². The summed E-state index contributed by atoms with van der Waals surface area (Å²) < 4.78 is 10.7. The Morgan fingerprint density at radius 2 is 2.00 bits per heavy atom. The molecule has 0 aliphatic heterocycles. The van der Waals surface area contributed by atoms with Crippen molar-refractivity contribution in [1.29, 1.82) is 0 Å². The van der Waals surface area contributed by atoms with Gasteiger partial charge in [0.05, 0.1) is 19.7 Å². The number of aromatic nitrogens is 1. The van der Waals surface area contributed by atoms with Crippen LogP contribution in [-0.4, -0.2) is 31.8 Å². The average Bonchev–Trinajstić information content (AvgIpc) is 2.80. The average molecular weight is 262 g/mol. The van der Waals surface area contributed by atoms with Gasteiger partial charge in [0.2, 0.25) is 0 Å². The lowest BCUT2D eigenvalue weighted by molar-refractivity contribution is 0.397. The van der Waals surface area contributed by atoms with E-state index in [4.69, 9.17) is 9.47 Å². The molecule has 2 aromatic rings. The maximum Gasteiger partial charge on any atom is 0.146 e. The number of nitrogens with one attached hydrogen (secondary N) is 2. The van der Waals surface area contributed by atoms with Crippen LogP contribution in [0.2, 0.25) is 0 Å². The summed E-state index contributed by atoms with van der Waals surface area (Å²) in [4.78, 5) is 3.29. The number of aromatic amines is 1. The van der Waals surface area contributed by atoms with Crippen molar-refractivity contribution in [2.24, 2.45) is 0 Å². The predicted octanol–water partition coefficient (Wildman–Crippen LogP) is 2.73. The summed E-state index contributed by atoms with van der Waals surface area (Å²) in [6.07, 6.45) is 3.03. The minimum Gasteiger partial charge on any atom is -0.497 e. The molecule has 19 heavy (non-hydrogen) atoms. The maximum atomic E-state index is 5.40. The highest BCUT2D eigenvalue weighted by atomic mass is 16.5. The molecule has 0 spiro atoms. The van der Waals surface area contributed by atoms with Gasteiger partial charge < -0.3 is 19.8 Å². The third-order valence-electron chi connectivity index (χ3n) is 3.21. The summed E-state index contributed by atoms with van der Waals surface area (Å²) in [5, 5.41) is 4.60. The van der Waals surface area contributed by atoms with Crippen molar-refractivity contribution < 1.29 is 9.47 Å². The van der Waals surface area contributed by atoms with E-state index in [9.17, 15) is 0 Å². The first kappa shape index (κ1) is 13.7. The van der Waals surface area contributed by atoms with Gasteiger partial charge in [-0.05, 0) is 24.6 Å². The summed E-state index contributed by atoms with van der Waals surface area (Å²) >= 11 is 0. The van der Waals surface area contributed by atoms with Gasteiger partial charge in [-0.15, -0.1) is 0 Å². The molecule has 0 atom stereocenters. The van der Waals surface area contributed by atoms with Crippen LogP contribution in [0.5, 0.6) is 11.5 Å². The lowest BCUT2D eigenvalue weighted by atomic mass is 10.1. The van der Waals surface area contributed by atoms with E-state index in [1.807, 2.05) is 6.07 Å². The molecule has 0 fully saturated rings. The molecule has 4 nitrogen and oxygen atoms in total. The number of H-pyrrole nitrogens is 1. The van der Waals surface area contributed by atoms with E-state index in [1.165, 1.54) is 10.9 Å². The molecule has 0 aliphatic carbocycles. The lowest BCUT2D eigenvalue weighted by Gasteiger charge is -2.08. The largest absolute Gasteiger partial charge is 0.497 e. The van der Waals surface area contributed by atoms with Gasteiger partial charge in [0, 0.05) is 23.7 Å². The molecule has 2 rings (SSSR count). The lowest BCUT2D eigenvalue weighted by Crippen LogP contribution is -2.24. The molecule has 0 unspecified atom stereocenters. The van der Waals surface area contributed by atoms with Gasteiger partial charge in [0.25, 0.3) is 0 Å². The number of ether oxygens (including phenoxy) is 2. The van der Waals surface area contributed by atoms with E-state index >= 15 is 0 Å². The van der Waals surface area contributed by atoms with Crippen LogP contribution in [0.3, 0.4) is 0 Å². The van der Waals surface area contributed by atoms with Gasteiger partial charge in [-0.25, -0.2) is 0 Å². The fourth-order valence-corrected chi connectivity index (χ4v) is 2.21. The third kappa shape index (κ3) is 3.01. The minimum atomic E-state index is 0.509. The Morgan fingerprint density at radius 1 is 1.21 bits per heavy atom. The first-order valence-corrected chi connectivity index (χ1v) is 6.61. The zero-order valence-electron chi connectivity index (χ0n) is 12.0. The van der Waals surface area contributed by atoms with Crippen molar-refractivity contribution in [3.8, 4) is 11.5 Å². The number of benzene rings is 1. The standard InChI is InChI=1S/C15H22N2O2/c1-10(2)16-6-5-11-9-17-15-13(11)7-12(18-3)8-14(15)19-4/h7-10,16-17H,5-6H2,1-4H3. The van der Waals surface area contributed by atoms with Crippen molar-refractivity contribution in [2.75, 3.05) is 20.8 Å². The Bertz CT molecular complexity index is 546. The van der Waals surface area contributed by atoms with Crippen LogP contribution in [0.25, 0.3) is 10.9 Å². The van der Waals surface area contributed by atoms with Crippen molar-refractivity contribution in [3.63, 3.8) is 0 Å². The van der Waals surface area contributed by atoms with Gasteiger partial charge in [0.1, 0.15) is 11.5 Å². The molecular weight excluding hydrogens is 240 g/mol. The van der Waals surface area contributed by atoms with Gasteiger partial charge >= 0.3 is 0 Å². The molecule has 104 valence electrons. The number of methoxy groups -OCH3 is 2. The predicted molar refractivity (Wildman–Crippen MR) is 78.2 cm³/mol. The summed E-state index contributed by atoms with van der Waals surface area (Å²) in [6.45, 7) is 5.27. The minimum absolute atomic E-state index is 0.509. The fourth-order valence-electron chi connectivity index (χ4n) is 2.21. The van der Waals surface area contributed by atoms with Crippen molar-refractivity contribution in [3.05, 3.63) is 23.9 Å². The Hall–Kier alpha value is -1.68. The SMILES string of the molecule is COc1cc(OC)c2[nH]cc(CCNC(C)C)c2c1. The van der Waals surface area contributed by atoms with Crippen LogP contribution in [0, 0.1) is 0 Å². The normalized spacial score (nSPS) is 11.2. The highest BCUT2D eigenvalue weighted by Gasteiger charge is 2.10. The van der Waals surface area contributed by atoms with Crippen LogP contribution < -0.4 is 14.8 Å². The van der Waals surface area contributed by atoms with Crippen molar-refractivity contribution in [2.45, 2.75) is 26.3 Å². The molecule has 0 amide bonds. The molecule has 1 aromatic carbocycles. The number of hydrogen-bond donors (Lipinski definition) is 2. The molecule has 1 heterocycles. The van der Waals surface area contributed by atoms with Crippen LogP contribution in [0.15, 0.2) is 18.3 Å². The van der Waals surface area contributed by atoms with Gasteiger partial charge in [-0.3, -0.25) is 0 Å². The number of rotatable bonds is 6. The molecule has 0 bridgehead atoms. The Kier molecular flexibility index (Phi) is 4.32. The van der Waals surface area contributed by atoms with Crippen LogP contribution in [0.1, 0.15) is 19.4 Å². The highest BCUT2D eigenvalue weighted by Crippen LogP contribution is 2.32. The summed E-state index contributed by atoms with van der Waals surface area (Å²) in [6, 6.07) is 4.46. The molecular formula is C15H22N2O2. The van der Waals surface area contributed by atoms with Crippen LogP contribution in [-0.2, 0) is 6.42 Å². The van der Waals surface area contributed by atoms with Gasteiger partial charge in [-0.1, -0.05) is 13.8 Å². The summed E-state index contributed by atoms with van der Waals surface area (Å²) in [5.74, 6) is 1.64. The van der Waals surface area contributed by atoms with Crippen LogP contribution in [0.4, 0.5) is 0 Å². The molecule has 0 aliphatic rings. The second-order valence-electron chi connectivity index (χ2n) is 4.92. The maximum absolute atomic E-state index is 5.40. The second kappa shape index (κ2) is 5.97. The summed E-state index contributed by atoms with van der Waals surface area (Å²) in [5.41, 5.74) is 2.31. The van der Waals surface area contributed by atoms with Crippen molar-refractivity contribution in [1.82, 2.24) is 10.3 Å². The highest BCUT2D eigenvalue weighted by molar-refractivity contribution is 5.90. The first-order valence-electron chi connectivity index (χ1n) is 6.61. The number of hydrogen-bond acceptors (Lipinski definition) is 3. The third-order valence-corrected chi connectivity index (χ3v) is 3.21. The van der Waals surface area contributed by atoms with E-state index in [1.54, 1.807) is 14.2 Å². The monoisotopic (exact) mass is 262 g/mol. The zero-order valence-corrected chi connectivity index (χ0v) is 12.0. The Labute approximate surface area is 114 Å². The second-order valence-corrected chi connectivity index (χ2v) is 4.92.